The van der Waals surface area contributed by atoms with E-state index >= 15 is 0 Å². The zero-order valence-electron chi connectivity index (χ0n) is 12.4. The molecule has 1 amide bonds. The highest BCUT2D eigenvalue weighted by molar-refractivity contribution is 7.13. The van der Waals surface area contributed by atoms with Crippen LogP contribution in [-0.2, 0) is 16.0 Å². The first-order valence-corrected chi connectivity index (χ1v) is 8.40. The number of carboxylic acids is 1. The molecule has 2 aromatic heterocycles. The van der Waals surface area contributed by atoms with Crippen LogP contribution < -0.4 is 5.32 Å². The van der Waals surface area contributed by atoms with Crippen molar-refractivity contribution in [2.75, 3.05) is 0 Å². The van der Waals surface area contributed by atoms with E-state index < -0.39 is 11.9 Å². The van der Waals surface area contributed by atoms with Crippen LogP contribution in [0.1, 0.15) is 31.6 Å². The van der Waals surface area contributed by atoms with E-state index in [0.717, 1.165) is 11.3 Å². The van der Waals surface area contributed by atoms with Gasteiger partial charge >= 0.3 is 5.97 Å². The number of nitrogens with zero attached hydrogens (tertiary/aromatic N) is 2. The Bertz CT molecular complexity index is 683. The predicted octanol–water partition coefficient (Wildman–Crippen LogP) is 2.10. The Labute approximate surface area is 136 Å². The zero-order chi connectivity index (χ0) is 16.2. The first-order chi connectivity index (χ1) is 11.1. The largest absolute Gasteiger partial charge is 0.481 e. The van der Waals surface area contributed by atoms with Crippen molar-refractivity contribution in [2.45, 2.75) is 38.1 Å². The normalized spacial score (nSPS) is 20.5. The van der Waals surface area contributed by atoms with Gasteiger partial charge in [0.15, 0.2) is 0 Å². The summed E-state index contributed by atoms with van der Waals surface area (Å²) in [5.41, 5.74) is 0. The van der Waals surface area contributed by atoms with E-state index in [9.17, 15) is 9.59 Å². The van der Waals surface area contributed by atoms with Gasteiger partial charge in [-0.05, 0) is 24.3 Å². The molecule has 1 fully saturated rings. The fourth-order valence-electron chi connectivity index (χ4n) is 2.79. The third-order valence-corrected chi connectivity index (χ3v) is 4.82. The molecule has 1 saturated carbocycles. The van der Waals surface area contributed by atoms with Gasteiger partial charge in [-0.1, -0.05) is 17.6 Å². The molecule has 0 aromatic carbocycles. The predicted molar refractivity (Wildman–Crippen MR) is 82.8 cm³/mol. The fraction of sp³-hybridized carbons (Fsp3) is 0.467. The summed E-state index contributed by atoms with van der Waals surface area (Å²) in [6.45, 7) is 0. The smallest absolute Gasteiger partial charge is 0.308 e. The Hall–Kier alpha value is -2.22. The van der Waals surface area contributed by atoms with Crippen molar-refractivity contribution in [3.05, 3.63) is 23.4 Å². The molecule has 1 aliphatic carbocycles. The molecule has 0 saturated heterocycles. The van der Waals surface area contributed by atoms with Gasteiger partial charge in [0.2, 0.25) is 17.6 Å². The molecule has 3 rings (SSSR count). The monoisotopic (exact) mass is 335 g/mol. The topological polar surface area (TPSA) is 105 Å². The summed E-state index contributed by atoms with van der Waals surface area (Å²) in [4.78, 5) is 28.3. The molecule has 8 heteroatoms. The number of carboxylic acid groups (broad SMARTS) is 1. The van der Waals surface area contributed by atoms with Crippen molar-refractivity contribution < 1.29 is 19.2 Å². The highest BCUT2D eigenvalue weighted by Crippen LogP contribution is 2.26. The standard InChI is InChI=1S/C15H17N3O4S/c19-12(16-10-4-1-3-9(10)15(20)21)6-7-13-17-14(18-22-13)11-5-2-8-23-11/h2,5,8-10H,1,3-4,6-7H2,(H,16,19)(H,20,21)/t9-,10+/m1/s1. The Morgan fingerprint density at radius 2 is 2.30 bits per heavy atom. The lowest BCUT2D eigenvalue weighted by molar-refractivity contribution is -0.142. The maximum absolute atomic E-state index is 12.0. The summed E-state index contributed by atoms with van der Waals surface area (Å²) in [5.74, 6) is -0.570. The molecule has 2 aromatic rings. The molecule has 1 aliphatic rings. The summed E-state index contributed by atoms with van der Waals surface area (Å²) in [7, 11) is 0. The van der Waals surface area contributed by atoms with Crippen LogP contribution in [0.2, 0.25) is 0 Å². The number of aromatic nitrogens is 2. The van der Waals surface area contributed by atoms with Crippen molar-refractivity contribution in [1.82, 2.24) is 15.5 Å². The number of thiophene rings is 1. The van der Waals surface area contributed by atoms with E-state index in [2.05, 4.69) is 15.5 Å². The molecule has 2 N–H and O–H groups in total. The molecule has 2 atom stereocenters. The van der Waals surface area contributed by atoms with Crippen LogP contribution in [-0.4, -0.2) is 33.2 Å². The molecule has 122 valence electrons. The number of carbonyl (C=O) groups is 2. The summed E-state index contributed by atoms with van der Waals surface area (Å²) < 4.78 is 5.14. The minimum absolute atomic E-state index is 0.181. The SMILES string of the molecule is O=C(CCc1nc(-c2cccs2)no1)N[C@H]1CCC[C@H]1C(=O)O. The number of hydrogen-bond acceptors (Lipinski definition) is 6. The molecule has 0 spiro atoms. The van der Waals surface area contributed by atoms with Crippen LogP contribution in [0, 0.1) is 5.92 Å². The quantitative estimate of drug-likeness (QED) is 0.837. The number of rotatable bonds is 6. The molecule has 7 nitrogen and oxygen atoms in total. The third kappa shape index (κ3) is 3.76. The Morgan fingerprint density at radius 3 is 3.04 bits per heavy atom. The highest BCUT2D eigenvalue weighted by Gasteiger charge is 2.33. The molecule has 2 heterocycles. The van der Waals surface area contributed by atoms with Crippen LogP contribution in [0.3, 0.4) is 0 Å². The van der Waals surface area contributed by atoms with Gasteiger partial charge < -0.3 is 14.9 Å². The third-order valence-electron chi connectivity index (χ3n) is 3.96. The van der Waals surface area contributed by atoms with E-state index in [4.69, 9.17) is 9.63 Å². The zero-order valence-corrected chi connectivity index (χ0v) is 13.2. The fourth-order valence-corrected chi connectivity index (χ4v) is 3.44. The van der Waals surface area contributed by atoms with Crippen molar-refractivity contribution in [3.63, 3.8) is 0 Å². The second-order valence-electron chi connectivity index (χ2n) is 5.54. The van der Waals surface area contributed by atoms with Crippen LogP contribution in [0.5, 0.6) is 0 Å². The first kappa shape index (κ1) is 15.7. The number of nitrogens with one attached hydrogen (secondary N) is 1. The summed E-state index contributed by atoms with van der Waals surface area (Å²) in [6, 6.07) is 3.53. The van der Waals surface area contributed by atoms with E-state index in [0.29, 0.717) is 31.0 Å². The average molecular weight is 335 g/mol. The van der Waals surface area contributed by atoms with Gasteiger partial charge in [-0.2, -0.15) is 4.98 Å². The molecule has 0 radical (unpaired) electrons. The Kier molecular flexibility index (Phi) is 4.71. The van der Waals surface area contributed by atoms with Crippen LogP contribution in [0.4, 0.5) is 0 Å². The van der Waals surface area contributed by atoms with Gasteiger partial charge in [-0.15, -0.1) is 11.3 Å². The van der Waals surface area contributed by atoms with Crippen molar-refractivity contribution in [3.8, 4) is 10.7 Å². The van der Waals surface area contributed by atoms with Crippen LogP contribution >= 0.6 is 11.3 Å². The van der Waals surface area contributed by atoms with Gasteiger partial charge in [0.25, 0.3) is 0 Å². The minimum atomic E-state index is -0.842. The second-order valence-corrected chi connectivity index (χ2v) is 6.49. The Morgan fingerprint density at radius 1 is 1.43 bits per heavy atom. The lowest BCUT2D eigenvalue weighted by Crippen LogP contribution is -2.40. The number of aryl methyl sites for hydroxylation is 1. The van der Waals surface area contributed by atoms with Gasteiger partial charge in [0.1, 0.15) is 0 Å². The molecule has 0 aliphatic heterocycles. The maximum Gasteiger partial charge on any atom is 0.308 e. The molecule has 0 bridgehead atoms. The lowest BCUT2D eigenvalue weighted by Gasteiger charge is -2.17. The second kappa shape index (κ2) is 6.91. The highest BCUT2D eigenvalue weighted by atomic mass is 32.1. The van der Waals surface area contributed by atoms with E-state index in [-0.39, 0.29) is 18.4 Å². The van der Waals surface area contributed by atoms with E-state index in [1.165, 1.54) is 11.3 Å². The first-order valence-electron chi connectivity index (χ1n) is 7.52. The average Bonchev–Trinajstić information content (AvgIpc) is 3.25. The number of carbonyl (C=O) groups excluding carboxylic acids is 1. The Balaban J connectivity index is 1.50. The number of hydrogen-bond donors (Lipinski definition) is 2. The van der Waals surface area contributed by atoms with Gasteiger partial charge in [-0.25, -0.2) is 0 Å². The van der Waals surface area contributed by atoms with Crippen LogP contribution in [0.25, 0.3) is 10.7 Å². The number of amides is 1. The van der Waals surface area contributed by atoms with E-state index in [1.54, 1.807) is 0 Å². The summed E-state index contributed by atoms with van der Waals surface area (Å²) >= 11 is 1.52. The van der Waals surface area contributed by atoms with Gasteiger partial charge in [-0.3, -0.25) is 9.59 Å². The summed E-state index contributed by atoms with van der Waals surface area (Å²) in [6.07, 6.45) is 2.71. The summed E-state index contributed by atoms with van der Waals surface area (Å²) in [5, 5.41) is 17.7. The maximum atomic E-state index is 12.0. The van der Waals surface area contributed by atoms with Gasteiger partial charge in [0, 0.05) is 18.9 Å². The van der Waals surface area contributed by atoms with Crippen molar-refractivity contribution in [1.29, 1.82) is 0 Å². The molecule has 23 heavy (non-hydrogen) atoms. The van der Waals surface area contributed by atoms with Gasteiger partial charge in [0.05, 0.1) is 10.8 Å². The van der Waals surface area contributed by atoms with Crippen molar-refractivity contribution >= 4 is 23.2 Å². The van der Waals surface area contributed by atoms with Crippen LogP contribution in [0.15, 0.2) is 22.0 Å². The van der Waals surface area contributed by atoms with Crippen molar-refractivity contribution in [2.24, 2.45) is 5.92 Å². The minimum Gasteiger partial charge on any atom is -0.481 e. The number of aliphatic carboxylic acids is 1. The lowest BCUT2D eigenvalue weighted by atomic mass is 10.0. The molecular formula is C15H17N3O4S. The molecular weight excluding hydrogens is 318 g/mol. The van der Waals surface area contributed by atoms with E-state index in [1.807, 2.05) is 17.5 Å². The molecule has 0 unspecified atom stereocenters.